The van der Waals surface area contributed by atoms with E-state index in [9.17, 15) is 13.2 Å². The standard InChI is InChI=1S/C14H16F3N3O/c1-8(2)13-19-11(12(18)20(13)3)9-5-4-6-10(7-9)21-14(15,16)17/h4-8H,18H2,1-3H3. The van der Waals surface area contributed by atoms with E-state index in [1.807, 2.05) is 13.8 Å². The number of nitrogens with two attached hydrogens (primary N) is 1. The third-order valence-electron chi connectivity index (χ3n) is 3.03. The molecular weight excluding hydrogens is 283 g/mol. The molecule has 7 heteroatoms. The minimum Gasteiger partial charge on any atom is -0.406 e. The van der Waals surface area contributed by atoms with Gasteiger partial charge in [0.05, 0.1) is 0 Å². The third kappa shape index (κ3) is 3.29. The summed E-state index contributed by atoms with van der Waals surface area (Å²) in [5, 5.41) is 0. The van der Waals surface area contributed by atoms with Gasteiger partial charge in [-0.1, -0.05) is 26.0 Å². The van der Waals surface area contributed by atoms with Crippen LogP contribution in [0.25, 0.3) is 11.3 Å². The van der Waals surface area contributed by atoms with Gasteiger partial charge in [-0.15, -0.1) is 13.2 Å². The van der Waals surface area contributed by atoms with Gasteiger partial charge in [0.1, 0.15) is 23.1 Å². The van der Waals surface area contributed by atoms with Crippen molar-refractivity contribution >= 4 is 5.82 Å². The molecule has 0 saturated heterocycles. The molecule has 4 nitrogen and oxygen atoms in total. The van der Waals surface area contributed by atoms with Crippen LogP contribution in [0.3, 0.4) is 0 Å². The number of alkyl halides is 3. The third-order valence-corrected chi connectivity index (χ3v) is 3.03. The minimum absolute atomic E-state index is 0.153. The smallest absolute Gasteiger partial charge is 0.406 e. The van der Waals surface area contributed by atoms with Gasteiger partial charge >= 0.3 is 6.36 Å². The predicted octanol–water partition coefficient (Wildman–Crippen LogP) is 3.69. The Morgan fingerprint density at radius 1 is 1.29 bits per heavy atom. The van der Waals surface area contributed by atoms with Crippen LogP contribution in [0.5, 0.6) is 5.75 Å². The molecular formula is C14H16F3N3O. The second kappa shape index (κ2) is 5.31. The van der Waals surface area contributed by atoms with E-state index in [4.69, 9.17) is 5.73 Å². The Hall–Kier alpha value is -2.18. The van der Waals surface area contributed by atoms with Gasteiger partial charge in [0.15, 0.2) is 0 Å². The zero-order valence-electron chi connectivity index (χ0n) is 11.9. The normalized spacial score (nSPS) is 12.0. The summed E-state index contributed by atoms with van der Waals surface area (Å²) in [6, 6.07) is 5.63. The summed E-state index contributed by atoms with van der Waals surface area (Å²) in [5.41, 5.74) is 6.92. The van der Waals surface area contributed by atoms with Gasteiger partial charge in [-0.25, -0.2) is 4.98 Å². The Morgan fingerprint density at radius 3 is 2.48 bits per heavy atom. The molecule has 0 unspecified atom stereocenters. The first-order valence-electron chi connectivity index (χ1n) is 6.37. The molecule has 0 bridgehead atoms. The number of hydrogen-bond acceptors (Lipinski definition) is 3. The number of anilines is 1. The van der Waals surface area contributed by atoms with Crippen LogP contribution < -0.4 is 10.5 Å². The Balaban J connectivity index is 2.43. The zero-order valence-corrected chi connectivity index (χ0v) is 11.9. The van der Waals surface area contributed by atoms with Crippen LogP contribution in [0.1, 0.15) is 25.6 Å². The second-order valence-corrected chi connectivity index (χ2v) is 4.99. The number of aromatic nitrogens is 2. The number of ether oxygens (including phenoxy) is 1. The van der Waals surface area contributed by atoms with Crippen LogP contribution in [0, 0.1) is 0 Å². The van der Waals surface area contributed by atoms with Gasteiger partial charge in [0.25, 0.3) is 0 Å². The molecule has 0 fully saturated rings. The Morgan fingerprint density at radius 2 is 1.95 bits per heavy atom. The molecule has 0 radical (unpaired) electrons. The van der Waals surface area contributed by atoms with Gasteiger partial charge in [0, 0.05) is 18.5 Å². The summed E-state index contributed by atoms with van der Waals surface area (Å²) >= 11 is 0. The fourth-order valence-electron chi connectivity index (χ4n) is 2.10. The number of nitrogen functional groups attached to an aromatic ring is 1. The molecule has 2 rings (SSSR count). The van der Waals surface area contributed by atoms with Crippen molar-refractivity contribution in [1.29, 1.82) is 0 Å². The van der Waals surface area contributed by atoms with E-state index in [1.165, 1.54) is 18.2 Å². The van der Waals surface area contributed by atoms with Gasteiger partial charge in [-0.3, -0.25) is 0 Å². The van der Waals surface area contributed by atoms with Crippen molar-refractivity contribution in [3.05, 3.63) is 30.1 Å². The molecule has 2 aromatic rings. The quantitative estimate of drug-likeness (QED) is 0.940. The molecule has 21 heavy (non-hydrogen) atoms. The molecule has 0 aliphatic carbocycles. The lowest BCUT2D eigenvalue weighted by Gasteiger charge is -2.09. The number of nitrogens with zero attached hydrogens (tertiary/aromatic N) is 2. The first-order chi connectivity index (χ1) is 9.69. The second-order valence-electron chi connectivity index (χ2n) is 4.99. The fraction of sp³-hybridized carbons (Fsp3) is 0.357. The van der Waals surface area contributed by atoms with Crippen LogP contribution >= 0.6 is 0 Å². The Bertz CT molecular complexity index is 647. The summed E-state index contributed by atoms with van der Waals surface area (Å²) in [6.45, 7) is 3.93. The molecule has 0 atom stereocenters. The summed E-state index contributed by atoms with van der Waals surface area (Å²) in [5.74, 6) is 1.03. The van der Waals surface area contributed by atoms with Crippen LogP contribution in [0.4, 0.5) is 19.0 Å². The maximum atomic E-state index is 12.3. The number of rotatable bonds is 3. The molecule has 114 valence electrons. The van der Waals surface area contributed by atoms with Crippen molar-refractivity contribution in [3.8, 4) is 17.0 Å². The first-order valence-corrected chi connectivity index (χ1v) is 6.37. The molecule has 0 amide bonds. The van der Waals surface area contributed by atoms with E-state index in [1.54, 1.807) is 17.7 Å². The monoisotopic (exact) mass is 299 g/mol. The van der Waals surface area contributed by atoms with E-state index in [0.29, 0.717) is 17.1 Å². The molecule has 0 aliphatic rings. The van der Waals surface area contributed by atoms with Gasteiger partial charge in [-0.05, 0) is 12.1 Å². The molecule has 0 spiro atoms. The summed E-state index contributed by atoms with van der Waals surface area (Å²) in [4.78, 5) is 4.42. The summed E-state index contributed by atoms with van der Waals surface area (Å²) in [6.07, 6.45) is -4.72. The Kier molecular flexibility index (Phi) is 3.85. The van der Waals surface area contributed by atoms with Crippen molar-refractivity contribution < 1.29 is 17.9 Å². The largest absolute Gasteiger partial charge is 0.573 e. The highest BCUT2D eigenvalue weighted by Gasteiger charge is 2.31. The Labute approximate surface area is 120 Å². The number of hydrogen-bond donors (Lipinski definition) is 1. The number of imidazole rings is 1. The van der Waals surface area contributed by atoms with E-state index in [-0.39, 0.29) is 11.7 Å². The van der Waals surface area contributed by atoms with Crippen LogP contribution in [0.15, 0.2) is 24.3 Å². The lowest BCUT2D eigenvalue weighted by atomic mass is 10.1. The molecule has 1 heterocycles. The maximum absolute atomic E-state index is 12.3. The molecule has 1 aromatic carbocycles. The van der Waals surface area contributed by atoms with Crippen molar-refractivity contribution in [3.63, 3.8) is 0 Å². The minimum atomic E-state index is -4.72. The van der Waals surface area contributed by atoms with Crippen LogP contribution in [-0.2, 0) is 7.05 Å². The molecule has 2 N–H and O–H groups in total. The van der Waals surface area contributed by atoms with E-state index >= 15 is 0 Å². The van der Waals surface area contributed by atoms with Crippen molar-refractivity contribution in [2.45, 2.75) is 26.1 Å². The summed E-state index contributed by atoms with van der Waals surface area (Å²) in [7, 11) is 1.78. The lowest BCUT2D eigenvalue weighted by Crippen LogP contribution is -2.17. The number of halogens is 3. The molecule has 1 aromatic heterocycles. The summed E-state index contributed by atoms with van der Waals surface area (Å²) < 4.78 is 42.4. The van der Waals surface area contributed by atoms with E-state index in [2.05, 4.69) is 9.72 Å². The highest BCUT2D eigenvalue weighted by atomic mass is 19.4. The van der Waals surface area contributed by atoms with Crippen LogP contribution in [0.2, 0.25) is 0 Å². The van der Waals surface area contributed by atoms with Crippen LogP contribution in [-0.4, -0.2) is 15.9 Å². The number of benzene rings is 1. The lowest BCUT2D eigenvalue weighted by molar-refractivity contribution is -0.274. The highest BCUT2D eigenvalue weighted by Crippen LogP contribution is 2.32. The predicted molar refractivity (Wildman–Crippen MR) is 73.8 cm³/mol. The van der Waals surface area contributed by atoms with Crippen molar-refractivity contribution in [2.75, 3.05) is 5.73 Å². The fourth-order valence-corrected chi connectivity index (χ4v) is 2.10. The van der Waals surface area contributed by atoms with Crippen molar-refractivity contribution in [2.24, 2.45) is 7.05 Å². The highest BCUT2D eigenvalue weighted by molar-refractivity contribution is 5.72. The maximum Gasteiger partial charge on any atom is 0.573 e. The van der Waals surface area contributed by atoms with Gasteiger partial charge < -0.3 is 15.0 Å². The average Bonchev–Trinajstić information content (AvgIpc) is 2.65. The van der Waals surface area contributed by atoms with E-state index < -0.39 is 6.36 Å². The van der Waals surface area contributed by atoms with Crippen molar-refractivity contribution in [1.82, 2.24) is 9.55 Å². The van der Waals surface area contributed by atoms with Gasteiger partial charge in [0.2, 0.25) is 0 Å². The van der Waals surface area contributed by atoms with E-state index in [0.717, 1.165) is 5.82 Å². The average molecular weight is 299 g/mol. The molecule has 0 aliphatic heterocycles. The topological polar surface area (TPSA) is 53.1 Å². The zero-order chi connectivity index (χ0) is 15.8. The first kappa shape index (κ1) is 15.2. The SMILES string of the molecule is CC(C)c1nc(-c2cccc(OC(F)(F)F)c2)c(N)n1C. The molecule has 0 saturated carbocycles. The van der Waals surface area contributed by atoms with Gasteiger partial charge in [-0.2, -0.15) is 0 Å².